The molecule has 0 spiro atoms. The van der Waals surface area contributed by atoms with E-state index in [1.807, 2.05) is 6.07 Å². The van der Waals surface area contributed by atoms with Gasteiger partial charge in [0.25, 0.3) is 5.19 Å². The third-order valence-electron chi connectivity index (χ3n) is 2.52. The van der Waals surface area contributed by atoms with Gasteiger partial charge in [-0.2, -0.15) is 9.36 Å². The van der Waals surface area contributed by atoms with Crippen molar-refractivity contribution in [3.8, 4) is 10.9 Å². The monoisotopic (exact) mass is 297 g/mol. The Hall–Kier alpha value is -1.17. The average molecular weight is 298 g/mol. The van der Waals surface area contributed by atoms with Crippen LogP contribution in [0.4, 0.5) is 0 Å². The lowest BCUT2D eigenvalue weighted by molar-refractivity contribution is 0.463. The van der Waals surface area contributed by atoms with Crippen molar-refractivity contribution in [2.45, 2.75) is 32.7 Å². The van der Waals surface area contributed by atoms with Crippen molar-refractivity contribution in [3.63, 3.8) is 0 Å². The summed E-state index contributed by atoms with van der Waals surface area (Å²) in [6.45, 7) is 6.56. The van der Waals surface area contributed by atoms with Gasteiger partial charge in [-0.3, -0.25) is 0 Å². The molecule has 0 fully saturated rings. The van der Waals surface area contributed by atoms with Crippen LogP contribution in [0.1, 0.15) is 32.2 Å². The first-order valence-corrected chi connectivity index (χ1v) is 7.06. The van der Waals surface area contributed by atoms with E-state index in [-0.39, 0.29) is 5.41 Å². The molecular weight excluding hydrogens is 282 g/mol. The minimum atomic E-state index is -0.0941. The lowest BCUT2D eigenvalue weighted by Crippen LogP contribution is -2.13. The minimum Gasteiger partial charge on any atom is -0.429 e. The lowest BCUT2D eigenvalue weighted by Gasteiger charge is -2.12. The second-order valence-electron chi connectivity index (χ2n) is 5.19. The van der Waals surface area contributed by atoms with Crippen molar-refractivity contribution < 1.29 is 4.74 Å². The van der Waals surface area contributed by atoms with Crippen LogP contribution in [0, 0.1) is 0 Å². The van der Waals surface area contributed by atoms with Gasteiger partial charge in [-0.15, -0.1) is 0 Å². The highest BCUT2D eigenvalue weighted by atomic mass is 35.5. The van der Waals surface area contributed by atoms with Crippen LogP contribution < -0.4 is 10.5 Å². The molecule has 1 aromatic heterocycles. The largest absolute Gasteiger partial charge is 0.429 e. The highest BCUT2D eigenvalue weighted by Gasteiger charge is 2.20. The molecular formula is C13H16ClN3OS. The van der Waals surface area contributed by atoms with Crippen LogP contribution >= 0.6 is 23.1 Å². The zero-order valence-electron chi connectivity index (χ0n) is 11.1. The molecule has 19 heavy (non-hydrogen) atoms. The van der Waals surface area contributed by atoms with Crippen molar-refractivity contribution >= 4 is 23.1 Å². The molecule has 6 heteroatoms. The molecule has 4 nitrogen and oxygen atoms in total. The molecule has 0 aliphatic heterocycles. The number of nitrogens with two attached hydrogens (primary N) is 1. The molecule has 1 heterocycles. The van der Waals surface area contributed by atoms with Gasteiger partial charge in [0, 0.05) is 34.1 Å². The standard InChI is InChI=1S/C13H16ClN3OS/c1-13(2,3)11-16-12(19-17-11)18-10-6-9(14)5-4-8(10)7-15/h4-6H,7,15H2,1-3H3. The maximum Gasteiger partial charge on any atom is 0.298 e. The van der Waals surface area contributed by atoms with Crippen LogP contribution in [0.5, 0.6) is 10.9 Å². The number of rotatable bonds is 3. The van der Waals surface area contributed by atoms with Crippen molar-refractivity contribution in [2.75, 3.05) is 0 Å². The van der Waals surface area contributed by atoms with E-state index in [0.29, 0.717) is 22.5 Å². The molecule has 0 aliphatic rings. The summed E-state index contributed by atoms with van der Waals surface area (Å²) in [5.74, 6) is 1.40. The van der Waals surface area contributed by atoms with E-state index in [4.69, 9.17) is 22.1 Å². The van der Waals surface area contributed by atoms with Crippen molar-refractivity contribution in [1.29, 1.82) is 0 Å². The van der Waals surface area contributed by atoms with Crippen LogP contribution in [-0.4, -0.2) is 9.36 Å². The first kappa shape index (κ1) is 14.2. The van der Waals surface area contributed by atoms with Gasteiger partial charge in [-0.25, -0.2) is 0 Å². The van der Waals surface area contributed by atoms with Crippen LogP contribution in [0.15, 0.2) is 18.2 Å². The number of hydrogen-bond donors (Lipinski definition) is 1. The highest BCUT2D eigenvalue weighted by Crippen LogP contribution is 2.31. The summed E-state index contributed by atoms with van der Waals surface area (Å²) in [5, 5.41) is 1.11. The Morgan fingerprint density at radius 2 is 2.11 bits per heavy atom. The molecule has 2 rings (SSSR count). The Bertz CT molecular complexity index is 578. The number of nitrogens with zero attached hydrogens (tertiary/aromatic N) is 2. The molecule has 0 saturated carbocycles. The molecule has 0 radical (unpaired) electrons. The Labute approximate surface area is 121 Å². The lowest BCUT2D eigenvalue weighted by atomic mass is 9.96. The summed E-state index contributed by atoms with van der Waals surface area (Å²) in [6, 6.07) is 5.38. The predicted molar refractivity (Wildman–Crippen MR) is 78.0 cm³/mol. The second kappa shape index (κ2) is 5.45. The molecule has 0 saturated heterocycles. The fraction of sp³-hybridized carbons (Fsp3) is 0.385. The zero-order valence-corrected chi connectivity index (χ0v) is 12.7. The summed E-state index contributed by atoms with van der Waals surface area (Å²) >= 11 is 7.19. The van der Waals surface area contributed by atoms with Gasteiger partial charge in [-0.05, 0) is 12.1 Å². The fourth-order valence-electron chi connectivity index (χ4n) is 1.44. The molecule has 0 atom stereocenters. The third-order valence-corrected chi connectivity index (χ3v) is 3.35. The Kier molecular flexibility index (Phi) is 4.08. The van der Waals surface area contributed by atoms with Crippen molar-refractivity contribution in [2.24, 2.45) is 5.73 Å². The smallest absolute Gasteiger partial charge is 0.298 e. The average Bonchev–Trinajstić information content (AvgIpc) is 2.77. The van der Waals surface area contributed by atoms with E-state index >= 15 is 0 Å². The van der Waals surface area contributed by atoms with Crippen molar-refractivity contribution in [3.05, 3.63) is 34.6 Å². The maximum atomic E-state index is 5.96. The molecule has 0 unspecified atom stereocenters. The second-order valence-corrected chi connectivity index (χ2v) is 6.34. The third kappa shape index (κ3) is 3.43. The minimum absolute atomic E-state index is 0.0941. The molecule has 1 aromatic carbocycles. The van der Waals surface area contributed by atoms with Crippen LogP contribution in [0.3, 0.4) is 0 Å². The van der Waals surface area contributed by atoms with Gasteiger partial charge < -0.3 is 10.5 Å². The quantitative estimate of drug-likeness (QED) is 0.937. The highest BCUT2D eigenvalue weighted by molar-refractivity contribution is 7.07. The van der Waals surface area contributed by atoms with E-state index in [9.17, 15) is 0 Å². The van der Waals surface area contributed by atoms with E-state index in [0.717, 1.165) is 11.4 Å². The van der Waals surface area contributed by atoms with E-state index < -0.39 is 0 Å². The summed E-state index contributed by atoms with van der Waals surface area (Å²) in [7, 11) is 0. The number of ether oxygens (including phenoxy) is 1. The molecule has 0 aliphatic carbocycles. The number of halogens is 1. The molecule has 0 amide bonds. The number of hydrogen-bond acceptors (Lipinski definition) is 5. The summed E-state index contributed by atoms with van der Waals surface area (Å²) < 4.78 is 10.0. The Balaban J connectivity index is 2.26. The first-order valence-electron chi connectivity index (χ1n) is 5.90. The van der Waals surface area contributed by atoms with Gasteiger partial charge in [0.05, 0.1) is 0 Å². The van der Waals surface area contributed by atoms with E-state index in [1.165, 1.54) is 11.5 Å². The van der Waals surface area contributed by atoms with Crippen molar-refractivity contribution in [1.82, 2.24) is 9.36 Å². The van der Waals surface area contributed by atoms with Crippen LogP contribution in [0.2, 0.25) is 5.02 Å². The van der Waals surface area contributed by atoms with Gasteiger partial charge in [0.2, 0.25) is 0 Å². The Morgan fingerprint density at radius 3 is 2.68 bits per heavy atom. The fourth-order valence-corrected chi connectivity index (χ4v) is 2.34. The summed E-state index contributed by atoms with van der Waals surface area (Å²) in [4.78, 5) is 4.38. The topological polar surface area (TPSA) is 61.0 Å². The molecule has 2 aromatic rings. The maximum absolute atomic E-state index is 5.96. The molecule has 0 bridgehead atoms. The van der Waals surface area contributed by atoms with Crippen LogP contribution in [0.25, 0.3) is 0 Å². The summed E-state index contributed by atoms with van der Waals surface area (Å²) in [5.41, 5.74) is 6.47. The van der Waals surface area contributed by atoms with Gasteiger partial charge >= 0.3 is 0 Å². The van der Waals surface area contributed by atoms with E-state index in [1.54, 1.807) is 12.1 Å². The van der Waals surface area contributed by atoms with Gasteiger partial charge in [0.1, 0.15) is 5.75 Å². The zero-order chi connectivity index (χ0) is 14.0. The number of benzene rings is 1. The predicted octanol–water partition coefficient (Wildman–Crippen LogP) is 3.74. The number of aromatic nitrogens is 2. The van der Waals surface area contributed by atoms with Gasteiger partial charge in [0.15, 0.2) is 5.82 Å². The SMILES string of the molecule is CC(C)(C)c1nsc(Oc2cc(Cl)ccc2CN)n1. The Morgan fingerprint density at radius 1 is 1.37 bits per heavy atom. The molecule has 2 N–H and O–H groups in total. The normalized spacial score (nSPS) is 11.6. The first-order chi connectivity index (χ1) is 8.90. The van der Waals surface area contributed by atoms with Gasteiger partial charge in [-0.1, -0.05) is 38.4 Å². The van der Waals surface area contributed by atoms with E-state index in [2.05, 4.69) is 30.1 Å². The van der Waals surface area contributed by atoms with Crippen LogP contribution in [-0.2, 0) is 12.0 Å². The summed E-state index contributed by atoms with van der Waals surface area (Å²) in [6.07, 6.45) is 0. The molecule has 102 valence electrons.